The SMILES string of the molecule is CN=C(NCc1ccc(N2CCOC(C)C2)nc1)NCc1ccccc1Cl. The van der Waals surface area contributed by atoms with Crippen molar-refractivity contribution >= 4 is 23.4 Å². The Morgan fingerprint density at radius 3 is 2.78 bits per heavy atom. The second kappa shape index (κ2) is 9.58. The highest BCUT2D eigenvalue weighted by Crippen LogP contribution is 2.16. The van der Waals surface area contributed by atoms with Gasteiger partial charge < -0.3 is 20.3 Å². The molecule has 0 saturated carbocycles. The number of hydrogen-bond donors (Lipinski definition) is 2. The summed E-state index contributed by atoms with van der Waals surface area (Å²) in [5.74, 6) is 1.72. The fraction of sp³-hybridized carbons (Fsp3) is 0.400. The van der Waals surface area contributed by atoms with Gasteiger partial charge in [-0.15, -0.1) is 0 Å². The Hall–Kier alpha value is -2.31. The molecule has 2 N–H and O–H groups in total. The number of aliphatic imine (C=N–C) groups is 1. The summed E-state index contributed by atoms with van der Waals surface area (Å²) in [5, 5.41) is 7.33. The summed E-state index contributed by atoms with van der Waals surface area (Å²) < 4.78 is 5.58. The van der Waals surface area contributed by atoms with Gasteiger partial charge in [0.25, 0.3) is 0 Å². The Kier molecular flexibility index (Phi) is 6.90. The maximum atomic E-state index is 6.19. The lowest BCUT2D eigenvalue weighted by atomic mass is 10.2. The molecule has 1 aliphatic heterocycles. The van der Waals surface area contributed by atoms with Gasteiger partial charge in [0.05, 0.1) is 12.7 Å². The Labute approximate surface area is 165 Å². The first-order valence-corrected chi connectivity index (χ1v) is 9.53. The third-order valence-corrected chi connectivity index (χ3v) is 4.83. The molecule has 0 spiro atoms. The maximum absolute atomic E-state index is 6.19. The van der Waals surface area contributed by atoms with Gasteiger partial charge in [0.1, 0.15) is 5.82 Å². The molecule has 1 unspecified atom stereocenters. The molecular formula is C20H26ClN5O. The lowest BCUT2D eigenvalue weighted by Gasteiger charge is -2.32. The van der Waals surface area contributed by atoms with Gasteiger partial charge in [0, 0.05) is 44.4 Å². The number of halogens is 1. The van der Waals surface area contributed by atoms with Gasteiger partial charge >= 0.3 is 0 Å². The number of morpholine rings is 1. The highest BCUT2D eigenvalue weighted by atomic mass is 35.5. The summed E-state index contributed by atoms with van der Waals surface area (Å²) in [4.78, 5) is 11.1. The van der Waals surface area contributed by atoms with E-state index in [4.69, 9.17) is 16.3 Å². The third-order valence-electron chi connectivity index (χ3n) is 4.46. The molecule has 2 aromatic rings. The van der Waals surface area contributed by atoms with E-state index in [0.717, 1.165) is 47.6 Å². The highest BCUT2D eigenvalue weighted by molar-refractivity contribution is 6.31. The van der Waals surface area contributed by atoms with Crippen LogP contribution in [-0.2, 0) is 17.8 Å². The molecule has 1 atom stereocenters. The summed E-state index contributed by atoms with van der Waals surface area (Å²) in [6.45, 7) is 5.86. The average Bonchev–Trinajstić information content (AvgIpc) is 2.70. The Morgan fingerprint density at radius 2 is 2.07 bits per heavy atom. The Bertz CT molecular complexity index is 765. The quantitative estimate of drug-likeness (QED) is 0.610. The molecule has 1 aliphatic rings. The van der Waals surface area contributed by atoms with E-state index in [-0.39, 0.29) is 6.10 Å². The molecule has 0 radical (unpaired) electrons. The first kappa shape index (κ1) is 19.5. The number of hydrogen-bond acceptors (Lipinski definition) is 4. The summed E-state index contributed by atoms with van der Waals surface area (Å²) in [6.07, 6.45) is 2.15. The molecule has 27 heavy (non-hydrogen) atoms. The van der Waals surface area contributed by atoms with E-state index in [1.54, 1.807) is 7.05 Å². The molecule has 1 fully saturated rings. The second-order valence-corrected chi connectivity index (χ2v) is 6.93. The molecule has 144 valence electrons. The topological polar surface area (TPSA) is 61.8 Å². The monoisotopic (exact) mass is 387 g/mol. The van der Waals surface area contributed by atoms with Crippen molar-refractivity contribution in [1.29, 1.82) is 0 Å². The largest absolute Gasteiger partial charge is 0.375 e. The lowest BCUT2D eigenvalue weighted by molar-refractivity contribution is 0.0529. The molecule has 0 bridgehead atoms. The molecule has 1 aromatic carbocycles. The smallest absolute Gasteiger partial charge is 0.191 e. The van der Waals surface area contributed by atoms with E-state index in [1.807, 2.05) is 30.5 Å². The number of pyridine rings is 1. The zero-order chi connectivity index (χ0) is 19.1. The Morgan fingerprint density at radius 1 is 1.26 bits per heavy atom. The maximum Gasteiger partial charge on any atom is 0.191 e. The molecule has 0 amide bonds. The molecule has 2 heterocycles. The minimum Gasteiger partial charge on any atom is -0.375 e. The number of benzene rings is 1. The van der Waals surface area contributed by atoms with Crippen LogP contribution in [0, 0.1) is 0 Å². The van der Waals surface area contributed by atoms with Crippen LogP contribution < -0.4 is 15.5 Å². The van der Waals surface area contributed by atoms with Gasteiger partial charge in [0.15, 0.2) is 5.96 Å². The highest BCUT2D eigenvalue weighted by Gasteiger charge is 2.17. The van der Waals surface area contributed by atoms with Crippen molar-refractivity contribution in [2.75, 3.05) is 31.6 Å². The van der Waals surface area contributed by atoms with Crippen molar-refractivity contribution in [3.8, 4) is 0 Å². The lowest BCUT2D eigenvalue weighted by Crippen LogP contribution is -2.41. The van der Waals surface area contributed by atoms with E-state index in [0.29, 0.717) is 13.1 Å². The third kappa shape index (κ3) is 5.58. The number of nitrogens with zero attached hydrogens (tertiary/aromatic N) is 3. The molecule has 1 saturated heterocycles. The fourth-order valence-corrected chi connectivity index (χ4v) is 3.16. The molecule has 7 heteroatoms. The van der Waals surface area contributed by atoms with Crippen molar-refractivity contribution in [3.05, 3.63) is 58.7 Å². The van der Waals surface area contributed by atoms with E-state index >= 15 is 0 Å². The summed E-state index contributed by atoms with van der Waals surface area (Å²) in [7, 11) is 1.75. The van der Waals surface area contributed by atoms with Crippen molar-refractivity contribution in [2.45, 2.75) is 26.1 Å². The zero-order valence-electron chi connectivity index (χ0n) is 15.8. The van der Waals surface area contributed by atoms with Crippen LogP contribution in [0.25, 0.3) is 0 Å². The fourth-order valence-electron chi connectivity index (χ4n) is 2.96. The molecular weight excluding hydrogens is 362 g/mol. The first-order valence-electron chi connectivity index (χ1n) is 9.15. The number of guanidine groups is 1. The number of aromatic nitrogens is 1. The minimum atomic E-state index is 0.245. The van der Waals surface area contributed by atoms with Crippen molar-refractivity contribution < 1.29 is 4.74 Å². The van der Waals surface area contributed by atoms with Gasteiger partial charge in [-0.25, -0.2) is 4.98 Å². The molecule has 6 nitrogen and oxygen atoms in total. The predicted molar refractivity (Wildman–Crippen MR) is 110 cm³/mol. The molecule has 1 aromatic heterocycles. The predicted octanol–water partition coefficient (Wildman–Crippen LogP) is 2.83. The molecule has 3 rings (SSSR count). The first-order chi connectivity index (χ1) is 13.2. The summed E-state index contributed by atoms with van der Waals surface area (Å²) in [6, 6.07) is 11.9. The second-order valence-electron chi connectivity index (χ2n) is 6.52. The van der Waals surface area contributed by atoms with Gasteiger partial charge in [-0.3, -0.25) is 4.99 Å². The van der Waals surface area contributed by atoms with Crippen molar-refractivity contribution in [2.24, 2.45) is 4.99 Å². The van der Waals surface area contributed by atoms with E-state index in [2.05, 4.69) is 44.6 Å². The number of nitrogens with one attached hydrogen (secondary N) is 2. The zero-order valence-corrected chi connectivity index (χ0v) is 16.5. The van der Waals surface area contributed by atoms with Gasteiger partial charge in [-0.1, -0.05) is 35.9 Å². The summed E-state index contributed by atoms with van der Waals surface area (Å²) in [5.41, 5.74) is 2.13. The van der Waals surface area contributed by atoms with Crippen molar-refractivity contribution in [1.82, 2.24) is 15.6 Å². The number of rotatable bonds is 5. The van der Waals surface area contributed by atoms with Crippen LogP contribution in [0.2, 0.25) is 5.02 Å². The van der Waals surface area contributed by atoms with Crippen LogP contribution in [0.4, 0.5) is 5.82 Å². The number of ether oxygens (including phenoxy) is 1. The standard InChI is InChI=1S/C20H26ClN5O/c1-15-14-26(9-10-27-15)19-8-7-16(11-23-19)12-24-20(22-2)25-13-17-5-3-4-6-18(17)21/h3-8,11,15H,9-10,12-14H2,1-2H3,(H2,22,24,25). The van der Waals surface area contributed by atoms with E-state index in [9.17, 15) is 0 Å². The van der Waals surface area contributed by atoms with Crippen molar-refractivity contribution in [3.63, 3.8) is 0 Å². The van der Waals surface area contributed by atoms with Gasteiger partial charge in [0.2, 0.25) is 0 Å². The van der Waals surface area contributed by atoms with E-state index in [1.165, 1.54) is 0 Å². The van der Waals surface area contributed by atoms with Crippen LogP contribution in [0.5, 0.6) is 0 Å². The normalized spacial score (nSPS) is 17.7. The van der Waals surface area contributed by atoms with Crippen LogP contribution in [0.3, 0.4) is 0 Å². The van der Waals surface area contributed by atoms with E-state index < -0.39 is 0 Å². The van der Waals surface area contributed by atoms with Gasteiger partial charge in [-0.05, 0) is 30.2 Å². The Balaban J connectivity index is 1.50. The van der Waals surface area contributed by atoms with Crippen LogP contribution in [0.1, 0.15) is 18.1 Å². The minimum absolute atomic E-state index is 0.245. The average molecular weight is 388 g/mol. The summed E-state index contributed by atoms with van der Waals surface area (Å²) >= 11 is 6.19. The van der Waals surface area contributed by atoms with Crippen LogP contribution in [0.15, 0.2) is 47.6 Å². The van der Waals surface area contributed by atoms with Gasteiger partial charge in [-0.2, -0.15) is 0 Å². The van der Waals surface area contributed by atoms with Crippen LogP contribution >= 0.6 is 11.6 Å². The van der Waals surface area contributed by atoms with Crippen LogP contribution in [-0.4, -0.2) is 43.8 Å². The number of anilines is 1. The molecule has 0 aliphatic carbocycles.